The lowest BCUT2D eigenvalue weighted by atomic mass is 10.0. The summed E-state index contributed by atoms with van der Waals surface area (Å²) in [5, 5.41) is 10.5. The van der Waals surface area contributed by atoms with E-state index in [0.717, 1.165) is 23.1 Å². The van der Waals surface area contributed by atoms with Crippen LogP contribution in [0.1, 0.15) is 18.1 Å². The van der Waals surface area contributed by atoms with E-state index < -0.39 is 0 Å². The van der Waals surface area contributed by atoms with E-state index in [1.54, 1.807) is 18.5 Å². The zero-order chi connectivity index (χ0) is 16.4. The molecule has 0 radical (unpaired) electrons. The van der Waals surface area contributed by atoms with Crippen LogP contribution in [0.3, 0.4) is 0 Å². The van der Waals surface area contributed by atoms with Crippen LogP contribution < -0.4 is 4.90 Å². The van der Waals surface area contributed by atoms with Crippen LogP contribution in [0.5, 0.6) is 5.75 Å². The molecule has 4 nitrogen and oxygen atoms in total. The number of fused-ring (bicyclic) bond motifs is 1. The molecule has 23 heavy (non-hydrogen) atoms. The second kappa shape index (κ2) is 6.24. The van der Waals surface area contributed by atoms with Crippen molar-refractivity contribution in [2.45, 2.75) is 26.3 Å². The van der Waals surface area contributed by atoms with Gasteiger partial charge in [0.1, 0.15) is 17.9 Å². The Balaban J connectivity index is 1.90. The summed E-state index contributed by atoms with van der Waals surface area (Å²) < 4.78 is 0. The summed E-state index contributed by atoms with van der Waals surface area (Å²) in [6.07, 6.45) is 2.51. The van der Waals surface area contributed by atoms with Crippen molar-refractivity contribution in [2.24, 2.45) is 0 Å². The first kappa shape index (κ1) is 15.3. The highest BCUT2D eigenvalue weighted by molar-refractivity contribution is 5.92. The topological polar surface area (TPSA) is 49.2 Å². The standard InChI is InChI=1S/C19H21N3O/c1-13-5-4-6-17-18(13)19(21-12-20-17)22(3)14(2)11-15-7-9-16(23)10-8-15/h4-10,12,14,23H,11H2,1-3H3/t14-/m0/s1. The summed E-state index contributed by atoms with van der Waals surface area (Å²) in [5.74, 6) is 1.26. The van der Waals surface area contributed by atoms with Gasteiger partial charge in [0.25, 0.3) is 0 Å². The van der Waals surface area contributed by atoms with Gasteiger partial charge >= 0.3 is 0 Å². The Labute approximate surface area is 136 Å². The van der Waals surface area contributed by atoms with Crippen LogP contribution in [0.15, 0.2) is 48.8 Å². The Kier molecular flexibility index (Phi) is 4.15. The quantitative estimate of drug-likeness (QED) is 0.798. The van der Waals surface area contributed by atoms with Gasteiger partial charge in [-0.15, -0.1) is 0 Å². The molecule has 1 heterocycles. The number of likely N-dealkylation sites (N-methyl/N-ethyl adjacent to an activating group) is 1. The molecule has 4 heteroatoms. The minimum atomic E-state index is 0.275. The average Bonchev–Trinajstić information content (AvgIpc) is 2.56. The Morgan fingerprint density at radius 1 is 1.09 bits per heavy atom. The SMILES string of the molecule is Cc1cccc2ncnc(N(C)[C@@H](C)Cc3ccc(O)cc3)c12. The number of rotatable bonds is 4. The van der Waals surface area contributed by atoms with Gasteiger partial charge in [0.2, 0.25) is 0 Å². The fourth-order valence-corrected chi connectivity index (χ4v) is 2.85. The van der Waals surface area contributed by atoms with E-state index in [4.69, 9.17) is 0 Å². The van der Waals surface area contributed by atoms with Crippen molar-refractivity contribution in [3.05, 3.63) is 59.9 Å². The minimum Gasteiger partial charge on any atom is -0.508 e. The van der Waals surface area contributed by atoms with Crippen LogP contribution in [-0.2, 0) is 6.42 Å². The van der Waals surface area contributed by atoms with E-state index in [-0.39, 0.29) is 6.04 Å². The molecule has 3 aromatic rings. The van der Waals surface area contributed by atoms with Gasteiger partial charge in [0.15, 0.2) is 0 Å². The van der Waals surface area contributed by atoms with Crippen molar-refractivity contribution in [3.63, 3.8) is 0 Å². The minimum absolute atomic E-state index is 0.275. The van der Waals surface area contributed by atoms with Crippen LogP contribution in [-0.4, -0.2) is 28.2 Å². The third-order valence-corrected chi connectivity index (χ3v) is 4.31. The van der Waals surface area contributed by atoms with Gasteiger partial charge in [-0.3, -0.25) is 0 Å². The molecule has 0 saturated carbocycles. The normalized spacial score (nSPS) is 12.3. The lowest BCUT2D eigenvalue weighted by Crippen LogP contribution is -2.31. The molecule has 0 aliphatic carbocycles. The van der Waals surface area contributed by atoms with E-state index in [1.807, 2.05) is 24.3 Å². The maximum Gasteiger partial charge on any atom is 0.140 e. The molecule has 1 N–H and O–H groups in total. The highest BCUT2D eigenvalue weighted by atomic mass is 16.3. The Morgan fingerprint density at radius 3 is 2.57 bits per heavy atom. The molecule has 0 bridgehead atoms. The van der Waals surface area contributed by atoms with E-state index in [0.29, 0.717) is 5.75 Å². The van der Waals surface area contributed by atoms with Crippen molar-refractivity contribution in [3.8, 4) is 5.75 Å². The molecule has 3 rings (SSSR count). The molecule has 1 aromatic heterocycles. The van der Waals surface area contributed by atoms with Crippen LogP contribution in [0, 0.1) is 6.92 Å². The zero-order valence-electron chi connectivity index (χ0n) is 13.7. The van der Waals surface area contributed by atoms with Crippen LogP contribution in [0.25, 0.3) is 10.9 Å². The second-order valence-corrected chi connectivity index (χ2v) is 6.00. The Morgan fingerprint density at radius 2 is 1.83 bits per heavy atom. The summed E-state index contributed by atoms with van der Waals surface area (Å²) in [4.78, 5) is 11.1. The molecule has 0 fully saturated rings. The third kappa shape index (κ3) is 3.11. The van der Waals surface area contributed by atoms with E-state index in [1.165, 1.54) is 11.1 Å². The van der Waals surface area contributed by atoms with Crippen LogP contribution >= 0.6 is 0 Å². The predicted molar refractivity (Wildman–Crippen MR) is 94.0 cm³/mol. The fraction of sp³-hybridized carbons (Fsp3) is 0.263. The molecule has 0 saturated heterocycles. The van der Waals surface area contributed by atoms with E-state index in [2.05, 4.69) is 41.8 Å². The molecular formula is C19H21N3O. The summed E-state index contributed by atoms with van der Waals surface area (Å²) in [5.41, 5.74) is 3.35. The average molecular weight is 307 g/mol. The smallest absolute Gasteiger partial charge is 0.140 e. The number of aromatic nitrogens is 2. The molecule has 2 aromatic carbocycles. The lowest BCUT2D eigenvalue weighted by Gasteiger charge is -2.27. The van der Waals surface area contributed by atoms with Gasteiger partial charge in [0, 0.05) is 18.5 Å². The first-order valence-electron chi connectivity index (χ1n) is 7.77. The molecule has 0 spiro atoms. The van der Waals surface area contributed by atoms with Gasteiger partial charge in [-0.1, -0.05) is 24.3 Å². The number of benzene rings is 2. The number of aromatic hydroxyl groups is 1. The van der Waals surface area contributed by atoms with E-state index >= 15 is 0 Å². The number of phenols is 1. The summed E-state index contributed by atoms with van der Waals surface area (Å²) >= 11 is 0. The maximum absolute atomic E-state index is 9.40. The monoisotopic (exact) mass is 307 g/mol. The summed E-state index contributed by atoms with van der Waals surface area (Å²) in [7, 11) is 2.07. The van der Waals surface area contributed by atoms with Gasteiger partial charge in [-0.2, -0.15) is 0 Å². The molecule has 1 atom stereocenters. The van der Waals surface area contributed by atoms with Gasteiger partial charge in [-0.25, -0.2) is 9.97 Å². The number of aryl methyl sites for hydroxylation is 1. The number of hydrogen-bond donors (Lipinski definition) is 1. The molecule has 0 unspecified atom stereocenters. The van der Waals surface area contributed by atoms with Gasteiger partial charge < -0.3 is 10.0 Å². The first-order chi connectivity index (χ1) is 11.1. The highest BCUT2D eigenvalue weighted by Crippen LogP contribution is 2.27. The maximum atomic E-state index is 9.40. The highest BCUT2D eigenvalue weighted by Gasteiger charge is 2.16. The van der Waals surface area contributed by atoms with Gasteiger partial charge in [-0.05, 0) is 49.6 Å². The number of nitrogens with zero attached hydrogens (tertiary/aromatic N) is 3. The number of phenolic OH excluding ortho intramolecular Hbond substituents is 1. The summed E-state index contributed by atoms with van der Waals surface area (Å²) in [6, 6.07) is 13.8. The van der Waals surface area contributed by atoms with E-state index in [9.17, 15) is 5.11 Å². The van der Waals surface area contributed by atoms with Crippen molar-refractivity contribution in [1.82, 2.24) is 9.97 Å². The number of anilines is 1. The molecule has 0 aliphatic rings. The van der Waals surface area contributed by atoms with Crippen molar-refractivity contribution >= 4 is 16.7 Å². The Hall–Kier alpha value is -2.62. The van der Waals surface area contributed by atoms with Gasteiger partial charge in [0.05, 0.1) is 5.52 Å². The fourth-order valence-electron chi connectivity index (χ4n) is 2.85. The van der Waals surface area contributed by atoms with Crippen LogP contribution in [0.4, 0.5) is 5.82 Å². The first-order valence-corrected chi connectivity index (χ1v) is 7.77. The molecule has 0 aliphatic heterocycles. The molecule has 0 amide bonds. The molecule has 118 valence electrons. The van der Waals surface area contributed by atoms with Crippen molar-refractivity contribution < 1.29 is 5.11 Å². The van der Waals surface area contributed by atoms with Crippen LogP contribution in [0.2, 0.25) is 0 Å². The van der Waals surface area contributed by atoms with Crippen molar-refractivity contribution in [1.29, 1.82) is 0 Å². The zero-order valence-corrected chi connectivity index (χ0v) is 13.7. The third-order valence-electron chi connectivity index (χ3n) is 4.31. The second-order valence-electron chi connectivity index (χ2n) is 6.00. The summed E-state index contributed by atoms with van der Waals surface area (Å²) in [6.45, 7) is 4.27. The van der Waals surface area contributed by atoms with Crippen molar-refractivity contribution in [2.75, 3.05) is 11.9 Å². The largest absolute Gasteiger partial charge is 0.508 e. The molecular weight excluding hydrogens is 286 g/mol. The predicted octanol–water partition coefficient (Wildman–Crippen LogP) is 3.71. The lowest BCUT2D eigenvalue weighted by molar-refractivity contribution is 0.475. The Bertz CT molecular complexity index is 809. The number of hydrogen-bond acceptors (Lipinski definition) is 4.